The van der Waals surface area contributed by atoms with Crippen molar-refractivity contribution in [2.45, 2.75) is 60.9 Å². The van der Waals surface area contributed by atoms with Crippen LogP contribution in [0.1, 0.15) is 31.9 Å². The molecule has 3 saturated heterocycles. The van der Waals surface area contributed by atoms with E-state index in [0.717, 1.165) is 79.4 Å². The number of ether oxygens (including phenoxy) is 3. The van der Waals surface area contributed by atoms with Crippen LogP contribution in [-0.2, 0) is 16.1 Å². The number of anilines is 2. The highest BCUT2D eigenvalue weighted by Crippen LogP contribution is 2.45. The minimum atomic E-state index is -0.167. The molecule has 11 heteroatoms. The number of methoxy groups -OCH3 is 1. The highest BCUT2D eigenvalue weighted by molar-refractivity contribution is 7.99. The molecule has 0 unspecified atom stereocenters. The molecule has 37 heavy (non-hydrogen) atoms. The maximum Gasteiger partial charge on any atom is 0.175 e. The zero-order chi connectivity index (χ0) is 25.6. The Morgan fingerprint density at radius 2 is 2.11 bits per heavy atom. The van der Waals surface area contributed by atoms with Crippen LogP contribution >= 0.6 is 11.8 Å². The predicted molar refractivity (Wildman–Crippen MR) is 140 cm³/mol. The van der Waals surface area contributed by atoms with E-state index in [1.807, 2.05) is 12.3 Å². The van der Waals surface area contributed by atoms with E-state index < -0.39 is 0 Å². The van der Waals surface area contributed by atoms with Gasteiger partial charge in [0.25, 0.3) is 0 Å². The minimum absolute atomic E-state index is 0.0386. The Morgan fingerprint density at radius 1 is 1.27 bits per heavy atom. The Morgan fingerprint density at radius 3 is 2.84 bits per heavy atom. The van der Waals surface area contributed by atoms with Crippen LogP contribution in [-0.4, -0.2) is 84.8 Å². The average molecular weight is 529 g/mol. The normalized spacial score (nSPS) is 28.3. The Labute approximate surface area is 221 Å². The smallest absolute Gasteiger partial charge is 0.175 e. The largest absolute Gasteiger partial charge is 0.486 e. The van der Waals surface area contributed by atoms with E-state index in [-0.39, 0.29) is 24.2 Å². The van der Waals surface area contributed by atoms with Crippen LogP contribution in [0.5, 0.6) is 5.75 Å². The van der Waals surface area contributed by atoms with Gasteiger partial charge in [-0.3, -0.25) is 0 Å². The SMILES string of the molecule is COC[C@H]1C[C@H]2COc3c(Sc4cnc(N5CCC6(CC5)CO[C@@H](C)[C@H]6N)c(CO)n4)ccnc3N2C1. The first-order valence-electron chi connectivity index (χ1n) is 13.2. The van der Waals surface area contributed by atoms with E-state index in [0.29, 0.717) is 24.3 Å². The van der Waals surface area contributed by atoms with E-state index in [2.05, 4.69) is 21.7 Å². The molecule has 3 N–H and O–H groups in total. The van der Waals surface area contributed by atoms with Gasteiger partial charge in [-0.2, -0.15) is 0 Å². The molecule has 0 amide bonds. The topological polar surface area (TPSA) is 119 Å². The van der Waals surface area contributed by atoms with Crippen molar-refractivity contribution in [2.24, 2.45) is 17.1 Å². The summed E-state index contributed by atoms with van der Waals surface area (Å²) >= 11 is 1.50. The maximum atomic E-state index is 10.2. The third-order valence-corrected chi connectivity index (χ3v) is 9.46. The Kier molecular flexibility index (Phi) is 6.91. The summed E-state index contributed by atoms with van der Waals surface area (Å²) in [6.45, 7) is 6.58. The lowest BCUT2D eigenvalue weighted by Crippen LogP contribution is -2.51. The van der Waals surface area contributed by atoms with Gasteiger partial charge in [0.15, 0.2) is 17.4 Å². The summed E-state index contributed by atoms with van der Waals surface area (Å²) in [6, 6.07) is 2.35. The summed E-state index contributed by atoms with van der Waals surface area (Å²) in [5.74, 6) is 2.92. The Balaban J connectivity index is 1.18. The quantitative estimate of drug-likeness (QED) is 0.573. The second-order valence-corrected chi connectivity index (χ2v) is 11.8. The minimum Gasteiger partial charge on any atom is -0.486 e. The van der Waals surface area contributed by atoms with Crippen molar-refractivity contribution in [1.82, 2.24) is 15.0 Å². The van der Waals surface area contributed by atoms with Crippen LogP contribution in [0, 0.1) is 11.3 Å². The molecule has 6 heterocycles. The van der Waals surface area contributed by atoms with Gasteiger partial charge in [0.1, 0.15) is 17.3 Å². The lowest BCUT2D eigenvalue weighted by Gasteiger charge is -2.41. The van der Waals surface area contributed by atoms with Gasteiger partial charge in [0.2, 0.25) is 0 Å². The van der Waals surface area contributed by atoms with E-state index in [1.54, 1.807) is 13.3 Å². The Hall–Kier alpha value is -2.18. The van der Waals surface area contributed by atoms with Gasteiger partial charge in [0.05, 0.1) is 43.1 Å². The van der Waals surface area contributed by atoms with Gasteiger partial charge in [-0.15, -0.1) is 0 Å². The molecule has 4 aliphatic heterocycles. The fourth-order valence-corrected chi connectivity index (χ4v) is 7.24. The average Bonchev–Trinajstić information content (AvgIpc) is 3.46. The molecule has 200 valence electrons. The summed E-state index contributed by atoms with van der Waals surface area (Å²) < 4.78 is 17.5. The van der Waals surface area contributed by atoms with Crippen molar-refractivity contribution in [3.63, 3.8) is 0 Å². The standard InChI is InChI=1S/C26H36N6O4S/c1-16-23(27)26(15-36-16)4-7-31(8-5-26)24-19(12-33)30-21(10-29-24)37-20-3-6-28-25-22(20)35-14-18-9-17(13-34-2)11-32(18)25/h3,6,10,16-18,23,33H,4-5,7-9,11-15,27H2,1-2H3/t16-,17-,18-,23+/m0/s1. The summed E-state index contributed by atoms with van der Waals surface area (Å²) in [4.78, 5) is 19.7. The molecule has 6 rings (SSSR count). The molecule has 2 aromatic heterocycles. The van der Waals surface area contributed by atoms with Gasteiger partial charge < -0.3 is 34.9 Å². The number of rotatable bonds is 6. The summed E-state index contributed by atoms with van der Waals surface area (Å²) in [5, 5.41) is 10.9. The van der Waals surface area contributed by atoms with Crippen LogP contribution in [0.15, 0.2) is 28.4 Å². The number of fused-ring (bicyclic) bond motifs is 3. The summed E-state index contributed by atoms with van der Waals surface area (Å²) in [7, 11) is 1.75. The van der Waals surface area contributed by atoms with E-state index in [1.165, 1.54) is 11.8 Å². The van der Waals surface area contributed by atoms with Crippen molar-refractivity contribution in [3.05, 3.63) is 24.2 Å². The second kappa shape index (κ2) is 10.2. The molecule has 2 aromatic rings. The van der Waals surface area contributed by atoms with Gasteiger partial charge in [-0.1, -0.05) is 11.8 Å². The fourth-order valence-electron chi connectivity index (χ4n) is 6.38. The lowest BCUT2D eigenvalue weighted by molar-refractivity contribution is 0.0973. The van der Waals surface area contributed by atoms with Crippen LogP contribution in [0.3, 0.4) is 0 Å². The van der Waals surface area contributed by atoms with Crippen LogP contribution < -0.4 is 20.3 Å². The first kappa shape index (κ1) is 25.1. The molecule has 0 aromatic carbocycles. The second-order valence-electron chi connectivity index (χ2n) is 10.8. The lowest BCUT2D eigenvalue weighted by atomic mass is 9.73. The highest BCUT2D eigenvalue weighted by Gasteiger charge is 2.48. The van der Waals surface area contributed by atoms with E-state index in [9.17, 15) is 5.11 Å². The van der Waals surface area contributed by atoms with E-state index >= 15 is 0 Å². The number of piperidine rings is 1. The number of pyridine rings is 1. The van der Waals surface area contributed by atoms with Crippen molar-refractivity contribution in [2.75, 3.05) is 56.4 Å². The maximum absolute atomic E-state index is 10.2. The predicted octanol–water partition coefficient (Wildman–Crippen LogP) is 2.08. The number of aliphatic hydroxyl groups excluding tert-OH is 1. The van der Waals surface area contributed by atoms with E-state index in [4.69, 9.17) is 29.9 Å². The molecule has 4 atom stereocenters. The molecule has 0 radical (unpaired) electrons. The third kappa shape index (κ3) is 4.54. The zero-order valence-corrected chi connectivity index (χ0v) is 22.3. The van der Waals surface area contributed by atoms with Crippen LogP contribution in [0.4, 0.5) is 11.6 Å². The van der Waals surface area contributed by atoms with Crippen LogP contribution in [0.25, 0.3) is 0 Å². The molecule has 4 aliphatic rings. The number of nitrogens with zero attached hydrogens (tertiary/aromatic N) is 5. The fraction of sp³-hybridized carbons (Fsp3) is 0.654. The van der Waals surface area contributed by atoms with Gasteiger partial charge in [-0.25, -0.2) is 15.0 Å². The van der Waals surface area contributed by atoms with Crippen LogP contribution in [0.2, 0.25) is 0 Å². The molecular formula is C26H36N6O4S. The number of nitrogens with two attached hydrogens (primary N) is 1. The number of aromatic nitrogens is 3. The summed E-state index contributed by atoms with van der Waals surface area (Å²) in [6.07, 6.45) is 6.66. The zero-order valence-electron chi connectivity index (χ0n) is 21.5. The van der Waals surface area contributed by atoms with Gasteiger partial charge in [0, 0.05) is 50.3 Å². The van der Waals surface area contributed by atoms with Crippen molar-refractivity contribution >= 4 is 23.4 Å². The molecular weight excluding hydrogens is 492 g/mol. The van der Waals surface area contributed by atoms with Crippen molar-refractivity contribution < 1.29 is 19.3 Å². The number of aliphatic hydroxyl groups is 1. The molecule has 0 saturated carbocycles. The first-order valence-corrected chi connectivity index (χ1v) is 14.0. The molecule has 0 aliphatic carbocycles. The highest BCUT2D eigenvalue weighted by atomic mass is 32.2. The number of hydrogen-bond donors (Lipinski definition) is 2. The van der Waals surface area contributed by atoms with Gasteiger partial charge in [-0.05, 0) is 32.3 Å². The van der Waals surface area contributed by atoms with Crippen molar-refractivity contribution in [1.29, 1.82) is 0 Å². The first-order chi connectivity index (χ1) is 18.0. The summed E-state index contributed by atoms with van der Waals surface area (Å²) in [5.41, 5.74) is 7.11. The van der Waals surface area contributed by atoms with Gasteiger partial charge >= 0.3 is 0 Å². The molecule has 1 spiro atoms. The van der Waals surface area contributed by atoms with Crippen molar-refractivity contribution in [3.8, 4) is 5.75 Å². The molecule has 10 nitrogen and oxygen atoms in total. The molecule has 3 fully saturated rings. The number of hydrogen-bond acceptors (Lipinski definition) is 11. The Bertz CT molecular complexity index is 1130. The molecule has 0 bridgehead atoms. The third-order valence-electron chi connectivity index (χ3n) is 8.52. The monoisotopic (exact) mass is 528 g/mol.